The summed E-state index contributed by atoms with van der Waals surface area (Å²) in [6.07, 6.45) is -3.67. The predicted octanol–water partition coefficient (Wildman–Crippen LogP) is 3.39. The fraction of sp³-hybridized carbons (Fsp3) is 0.111. The number of alkyl halides is 3. The summed E-state index contributed by atoms with van der Waals surface area (Å²) in [7, 11) is 0. The van der Waals surface area contributed by atoms with E-state index in [0.717, 1.165) is 12.3 Å². The van der Waals surface area contributed by atoms with Crippen molar-refractivity contribution in [2.24, 2.45) is 0 Å². The number of furan rings is 1. The molecule has 0 saturated heterocycles. The van der Waals surface area contributed by atoms with Crippen LogP contribution in [0.25, 0.3) is 11.0 Å². The van der Waals surface area contributed by atoms with E-state index >= 15 is 0 Å². The fourth-order valence-electron chi connectivity index (χ4n) is 1.16. The van der Waals surface area contributed by atoms with Crippen LogP contribution in [0.1, 0.15) is 5.56 Å². The van der Waals surface area contributed by atoms with Gasteiger partial charge in [-0.15, -0.1) is 0 Å². The average Bonchev–Trinajstić information content (AvgIpc) is 2.50. The summed E-state index contributed by atoms with van der Waals surface area (Å²) in [5.74, 6) is -1.34. The quantitative estimate of drug-likeness (QED) is 0.598. The Morgan fingerprint density at radius 1 is 1.21 bits per heavy atom. The standard InChI is InChI=1S/C9H3F4O/c10-8-5-3-4-14-7(5)2-1-6(8)9(11,12)13/h1-2,4H. The minimum absolute atomic E-state index is 0.0514. The molecule has 0 N–H and O–H groups in total. The van der Waals surface area contributed by atoms with Gasteiger partial charge in [0.15, 0.2) is 0 Å². The van der Waals surface area contributed by atoms with Crippen molar-refractivity contribution in [2.45, 2.75) is 6.18 Å². The van der Waals surface area contributed by atoms with Crippen LogP contribution in [0, 0.1) is 11.9 Å². The molecule has 1 radical (unpaired) electrons. The molecule has 1 aromatic carbocycles. The third kappa shape index (κ3) is 1.25. The van der Waals surface area contributed by atoms with Crippen LogP contribution in [-0.4, -0.2) is 0 Å². The van der Waals surface area contributed by atoms with Gasteiger partial charge in [-0.05, 0) is 12.1 Å². The third-order valence-electron chi connectivity index (χ3n) is 1.80. The summed E-state index contributed by atoms with van der Waals surface area (Å²) in [6.45, 7) is 0. The fourth-order valence-corrected chi connectivity index (χ4v) is 1.16. The maximum atomic E-state index is 13.2. The lowest BCUT2D eigenvalue weighted by molar-refractivity contribution is -0.139. The van der Waals surface area contributed by atoms with E-state index in [-0.39, 0.29) is 11.0 Å². The molecule has 0 bridgehead atoms. The van der Waals surface area contributed by atoms with Crippen LogP contribution < -0.4 is 0 Å². The van der Waals surface area contributed by atoms with Crippen molar-refractivity contribution in [3.05, 3.63) is 35.8 Å². The molecule has 5 heteroatoms. The van der Waals surface area contributed by atoms with Gasteiger partial charge in [0.2, 0.25) is 0 Å². The Kier molecular flexibility index (Phi) is 1.77. The molecule has 0 aliphatic rings. The van der Waals surface area contributed by atoms with Gasteiger partial charge in [-0.3, -0.25) is 0 Å². The van der Waals surface area contributed by atoms with Crippen LogP contribution in [0.5, 0.6) is 0 Å². The van der Waals surface area contributed by atoms with E-state index in [1.54, 1.807) is 0 Å². The van der Waals surface area contributed by atoms with Crippen LogP contribution in [0.2, 0.25) is 0 Å². The van der Waals surface area contributed by atoms with Crippen molar-refractivity contribution in [1.29, 1.82) is 0 Å². The first-order valence-electron chi connectivity index (χ1n) is 3.65. The van der Waals surface area contributed by atoms with E-state index in [2.05, 4.69) is 6.07 Å². The van der Waals surface area contributed by atoms with Gasteiger partial charge in [-0.25, -0.2) is 4.39 Å². The van der Waals surface area contributed by atoms with Crippen LogP contribution in [-0.2, 0) is 6.18 Å². The molecule has 73 valence electrons. The minimum Gasteiger partial charge on any atom is -0.464 e. The van der Waals surface area contributed by atoms with Crippen LogP contribution in [0.4, 0.5) is 17.6 Å². The van der Waals surface area contributed by atoms with Gasteiger partial charge in [0, 0.05) is 6.07 Å². The summed E-state index contributed by atoms with van der Waals surface area (Å²) < 4.78 is 54.5. The number of benzene rings is 1. The van der Waals surface area contributed by atoms with Gasteiger partial charge in [-0.1, -0.05) is 0 Å². The molecule has 0 aliphatic carbocycles. The van der Waals surface area contributed by atoms with Crippen molar-refractivity contribution in [3.8, 4) is 0 Å². The summed E-state index contributed by atoms with van der Waals surface area (Å²) in [4.78, 5) is 0. The topological polar surface area (TPSA) is 13.1 Å². The molecular formula is C9H3F4O. The zero-order chi connectivity index (χ0) is 10.3. The molecule has 0 fully saturated rings. The van der Waals surface area contributed by atoms with E-state index in [4.69, 9.17) is 4.42 Å². The molecule has 0 spiro atoms. The maximum Gasteiger partial charge on any atom is 0.419 e. The van der Waals surface area contributed by atoms with Gasteiger partial charge in [-0.2, -0.15) is 13.2 Å². The summed E-state index contributed by atoms with van der Waals surface area (Å²) in [5, 5.41) is -0.278. The third-order valence-corrected chi connectivity index (χ3v) is 1.80. The Balaban J connectivity index is 2.74. The van der Waals surface area contributed by atoms with E-state index in [1.807, 2.05) is 0 Å². The molecule has 1 heterocycles. The first kappa shape index (κ1) is 9.05. The smallest absolute Gasteiger partial charge is 0.419 e. The SMILES string of the molecule is Fc1c(C(F)(F)F)ccc2oc[c]c12. The zero-order valence-corrected chi connectivity index (χ0v) is 6.65. The van der Waals surface area contributed by atoms with Gasteiger partial charge in [0.05, 0.1) is 17.2 Å². The van der Waals surface area contributed by atoms with Gasteiger partial charge >= 0.3 is 6.18 Å². The summed E-state index contributed by atoms with van der Waals surface area (Å²) in [5.41, 5.74) is -1.25. The first-order valence-corrected chi connectivity index (χ1v) is 3.65. The molecule has 0 aliphatic heterocycles. The Labute approximate surface area is 75.9 Å². The zero-order valence-electron chi connectivity index (χ0n) is 6.65. The average molecular weight is 203 g/mol. The lowest BCUT2D eigenvalue weighted by atomic mass is 10.1. The van der Waals surface area contributed by atoms with E-state index in [9.17, 15) is 17.6 Å². The minimum atomic E-state index is -4.69. The maximum absolute atomic E-state index is 13.2. The second-order valence-corrected chi connectivity index (χ2v) is 2.68. The van der Waals surface area contributed by atoms with Crippen molar-refractivity contribution >= 4 is 11.0 Å². The van der Waals surface area contributed by atoms with Gasteiger partial charge < -0.3 is 4.42 Å². The van der Waals surface area contributed by atoms with Crippen molar-refractivity contribution < 1.29 is 22.0 Å². The summed E-state index contributed by atoms with van der Waals surface area (Å²) in [6, 6.07) is 3.97. The van der Waals surface area contributed by atoms with Gasteiger partial charge in [0.1, 0.15) is 11.4 Å². The molecule has 1 nitrogen and oxygen atoms in total. The van der Waals surface area contributed by atoms with Crippen molar-refractivity contribution in [1.82, 2.24) is 0 Å². The second-order valence-electron chi connectivity index (χ2n) is 2.68. The highest BCUT2D eigenvalue weighted by Gasteiger charge is 2.34. The lowest BCUT2D eigenvalue weighted by Gasteiger charge is -2.07. The number of hydrogen-bond acceptors (Lipinski definition) is 1. The van der Waals surface area contributed by atoms with Crippen molar-refractivity contribution in [2.75, 3.05) is 0 Å². The first-order chi connectivity index (χ1) is 6.50. The number of halogens is 4. The number of fused-ring (bicyclic) bond motifs is 1. The highest BCUT2D eigenvalue weighted by atomic mass is 19.4. The monoisotopic (exact) mass is 203 g/mol. The van der Waals surface area contributed by atoms with Crippen LogP contribution in [0.3, 0.4) is 0 Å². The second kappa shape index (κ2) is 2.73. The molecule has 0 unspecified atom stereocenters. The molecule has 2 aromatic rings. The highest BCUT2D eigenvalue weighted by Crippen LogP contribution is 2.34. The molecule has 0 atom stereocenters. The molecular weight excluding hydrogens is 200 g/mol. The molecule has 2 rings (SSSR count). The van der Waals surface area contributed by atoms with Crippen LogP contribution in [0.15, 0.2) is 22.8 Å². The Hall–Kier alpha value is -1.52. The normalized spacial score (nSPS) is 12.3. The Bertz CT molecular complexity index is 469. The summed E-state index contributed by atoms with van der Waals surface area (Å²) >= 11 is 0. The highest BCUT2D eigenvalue weighted by molar-refractivity contribution is 5.78. The molecule has 1 aromatic heterocycles. The molecule has 0 amide bonds. The number of rotatable bonds is 0. The van der Waals surface area contributed by atoms with Crippen molar-refractivity contribution in [3.63, 3.8) is 0 Å². The molecule has 0 saturated carbocycles. The number of hydrogen-bond donors (Lipinski definition) is 0. The lowest BCUT2D eigenvalue weighted by Crippen LogP contribution is -2.07. The van der Waals surface area contributed by atoms with Crippen LogP contribution >= 0.6 is 0 Å². The van der Waals surface area contributed by atoms with E-state index < -0.39 is 17.6 Å². The Morgan fingerprint density at radius 3 is 2.57 bits per heavy atom. The predicted molar refractivity (Wildman–Crippen MR) is 40.0 cm³/mol. The largest absolute Gasteiger partial charge is 0.464 e. The molecule has 14 heavy (non-hydrogen) atoms. The van der Waals surface area contributed by atoms with E-state index in [0.29, 0.717) is 6.07 Å². The van der Waals surface area contributed by atoms with E-state index in [1.165, 1.54) is 0 Å². The van der Waals surface area contributed by atoms with Gasteiger partial charge in [0.25, 0.3) is 0 Å². The Morgan fingerprint density at radius 2 is 1.93 bits per heavy atom.